The first-order valence-electron chi connectivity index (χ1n) is 8.09. The van der Waals surface area contributed by atoms with Gasteiger partial charge in [-0.2, -0.15) is 0 Å². The van der Waals surface area contributed by atoms with Gasteiger partial charge in [-0.15, -0.1) is 0 Å². The molecule has 0 heterocycles. The van der Waals surface area contributed by atoms with Crippen LogP contribution in [0.2, 0.25) is 0 Å². The van der Waals surface area contributed by atoms with Crippen LogP contribution in [-0.4, -0.2) is 30.1 Å². The van der Waals surface area contributed by atoms with Gasteiger partial charge in [-0.25, -0.2) is 0 Å². The normalized spacial score (nSPS) is 15.3. The molecule has 1 atom stereocenters. The fourth-order valence-electron chi connectivity index (χ4n) is 2.96. The Kier molecular flexibility index (Phi) is 9.76. The third-order valence-corrected chi connectivity index (χ3v) is 4.72. The molecular formula is C16H36N2. The molecule has 18 heavy (non-hydrogen) atoms. The zero-order chi connectivity index (χ0) is 14.0. The standard InChI is InChI=1S/C16H36N2/c1-6-11-12-16(9-4,14-17)18(10-5)13-15(7-2)8-3/h15H,6-14,17H2,1-5H3. The van der Waals surface area contributed by atoms with Crippen molar-refractivity contribution in [3.05, 3.63) is 0 Å². The van der Waals surface area contributed by atoms with E-state index in [-0.39, 0.29) is 5.54 Å². The lowest BCUT2D eigenvalue weighted by Gasteiger charge is -2.44. The number of nitrogens with two attached hydrogens (primary N) is 1. The molecule has 110 valence electrons. The lowest BCUT2D eigenvalue weighted by Crippen LogP contribution is -2.54. The van der Waals surface area contributed by atoms with Crippen molar-refractivity contribution in [3.8, 4) is 0 Å². The molecule has 0 saturated heterocycles. The third-order valence-electron chi connectivity index (χ3n) is 4.72. The molecule has 0 aliphatic heterocycles. The lowest BCUT2D eigenvalue weighted by atomic mass is 9.86. The third kappa shape index (κ3) is 4.89. The Bertz CT molecular complexity index is 184. The quantitative estimate of drug-likeness (QED) is 0.604. The molecule has 0 aliphatic carbocycles. The molecule has 0 amide bonds. The Hall–Kier alpha value is -0.0800. The van der Waals surface area contributed by atoms with Crippen LogP contribution in [-0.2, 0) is 0 Å². The van der Waals surface area contributed by atoms with Gasteiger partial charge in [0.25, 0.3) is 0 Å². The Balaban J connectivity index is 4.78. The SMILES string of the molecule is CCCCC(CC)(CN)N(CC)CC(CC)CC. The first-order chi connectivity index (χ1) is 8.63. The van der Waals surface area contributed by atoms with Gasteiger partial charge in [0, 0.05) is 18.6 Å². The first-order valence-corrected chi connectivity index (χ1v) is 8.09. The van der Waals surface area contributed by atoms with Crippen molar-refractivity contribution in [3.63, 3.8) is 0 Å². The molecule has 0 aromatic carbocycles. The number of rotatable bonds is 11. The number of hydrogen-bond acceptors (Lipinski definition) is 2. The molecule has 1 unspecified atom stereocenters. The summed E-state index contributed by atoms with van der Waals surface area (Å²) in [6.45, 7) is 14.6. The molecule has 0 bridgehead atoms. The van der Waals surface area contributed by atoms with E-state index in [1.807, 2.05) is 0 Å². The maximum absolute atomic E-state index is 6.15. The highest BCUT2D eigenvalue weighted by Gasteiger charge is 2.32. The maximum atomic E-state index is 6.15. The first kappa shape index (κ1) is 17.9. The van der Waals surface area contributed by atoms with Crippen LogP contribution in [0, 0.1) is 5.92 Å². The largest absolute Gasteiger partial charge is 0.329 e. The van der Waals surface area contributed by atoms with Gasteiger partial charge in [-0.3, -0.25) is 4.90 Å². The van der Waals surface area contributed by atoms with Gasteiger partial charge in [0.15, 0.2) is 0 Å². The van der Waals surface area contributed by atoms with E-state index in [4.69, 9.17) is 5.73 Å². The zero-order valence-electron chi connectivity index (χ0n) is 13.5. The number of likely N-dealkylation sites (N-methyl/N-ethyl adjacent to an activating group) is 1. The van der Waals surface area contributed by atoms with Crippen LogP contribution in [0.25, 0.3) is 0 Å². The summed E-state index contributed by atoms with van der Waals surface area (Å²) < 4.78 is 0. The van der Waals surface area contributed by atoms with E-state index in [0.717, 1.165) is 19.0 Å². The summed E-state index contributed by atoms with van der Waals surface area (Å²) in [5.74, 6) is 0.823. The van der Waals surface area contributed by atoms with Crippen LogP contribution < -0.4 is 5.73 Å². The summed E-state index contributed by atoms with van der Waals surface area (Å²) in [7, 11) is 0. The van der Waals surface area contributed by atoms with Crippen molar-refractivity contribution < 1.29 is 0 Å². The molecule has 0 rings (SSSR count). The predicted molar refractivity (Wildman–Crippen MR) is 82.9 cm³/mol. The summed E-state index contributed by atoms with van der Waals surface area (Å²) in [6.07, 6.45) is 7.56. The molecule has 0 aromatic rings. The van der Waals surface area contributed by atoms with Crippen molar-refractivity contribution in [1.29, 1.82) is 0 Å². The van der Waals surface area contributed by atoms with E-state index >= 15 is 0 Å². The van der Waals surface area contributed by atoms with Crippen molar-refractivity contribution >= 4 is 0 Å². The minimum Gasteiger partial charge on any atom is -0.329 e. The Labute approximate surface area is 115 Å². The average molecular weight is 256 g/mol. The molecule has 0 aromatic heterocycles. The Morgan fingerprint density at radius 1 is 1.06 bits per heavy atom. The minimum absolute atomic E-state index is 0.243. The van der Waals surface area contributed by atoms with Gasteiger partial charge in [0.2, 0.25) is 0 Å². The van der Waals surface area contributed by atoms with Crippen molar-refractivity contribution in [2.24, 2.45) is 11.7 Å². The van der Waals surface area contributed by atoms with Gasteiger partial charge in [0.1, 0.15) is 0 Å². The zero-order valence-corrected chi connectivity index (χ0v) is 13.5. The molecule has 0 saturated carbocycles. The van der Waals surface area contributed by atoms with Gasteiger partial charge in [-0.1, -0.05) is 60.3 Å². The molecule has 0 fully saturated rings. The van der Waals surface area contributed by atoms with Crippen LogP contribution in [0.15, 0.2) is 0 Å². The second kappa shape index (κ2) is 9.80. The van der Waals surface area contributed by atoms with E-state index < -0.39 is 0 Å². The van der Waals surface area contributed by atoms with E-state index in [0.29, 0.717) is 0 Å². The Morgan fingerprint density at radius 3 is 2.00 bits per heavy atom. The van der Waals surface area contributed by atoms with E-state index in [2.05, 4.69) is 39.5 Å². The maximum Gasteiger partial charge on any atom is 0.0329 e. The molecule has 0 radical (unpaired) electrons. The smallest absolute Gasteiger partial charge is 0.0329 e. The second-order valence-corrected chi connectivity index (χ2v) is 5.61. The number of hydrogen-bond donors (Lipinski definition) is 1. The molecule has 0 aliphatic rings. The summed E-state index contributed by atoms with van der Waals surface area (Å²) >= 11 is 0. The van der Waals surface area contributed by atoms with Crippen molar-refractivity contribution in [2.75, 3.05) is 19.6 Å². The van der Waals surface area contributed by atoms with Crippen LogP contribution in [0.4, 0.5) is 0 Å². The molecule has 2 nitrogen and oxygen atoms in total. The van der Waals surface area contributed by atoms with Crippen LogP contribution >= 0.6 is 0 Å². The highest BCUT2D eigenvalue weighted by atomic mass is 15.2. The summed E-state index contributed by atoms with van der Waals surface area (Å²) in [6, 6.07) is 0. The van der Waals surface area contributed by atoms with Crippen LogP contribution in [0.5, 0.6) is 0 Å². The van der Waals surface area contributed by atoms with Crippen molar-refractivity contribution in [2.45, 2.75) is 78.7 Å². The predicted octanol–water partition coefficient (Wildman–Crippen LogP) is 4.04. The molecule has 2 heteroatoms. The van der Waals surface area contributed by atoms with Gasteiger partial charge >= 0.3 is 0 Å². The highest BCUT2D eigenvalue weighted by molar-refractivity contribution is 4.91. The number of unbranched alkanes of at least 4 members (excludes halogenated alkanes) is 1. The minimum atomic E-state index is 0.243. The summed E-state index contributed by atoms with van der Waals surface area (Å²) in [5.41, 5.74) is 6.40. The lowest BCUT2D eigenvalue weighted by molar-refractivity contribution is 0.0651. The number of nitrogens with zero attached hydrogens (tertiary/aromatic N) is 1. The van der Waals surface area contributed by atoms with E-state index in [1.165, 1.54) is 45.1 Å². The topological polar surface area (TPSA) is 29.3 Å². The average Bonchev–Trinajstić information content (AvgIpc) is 2.43. The van der Waals surface area contributed by atoms with Crippen LogP contribution in [0.1, 0.15) is 73.1 Å². The molecule has 2 N–H and O–H groups in total. The Morgan fingerprint density at radius 2 is 1.67 bits per heavy atom. The van der Waals surface area contributed by atoms with Gasteiger partial charge in [-0.05, 0) is 25.3 Å². The van der Waals surface area contributed by atoms with Crippen molar-refractivity contribution in [1.82, 2.24) is 4.90 Å². The highest BCUT2D eigenvalue weighted by Crippen LogP contribution is 2.27. The van der Waals surface area contributed by atoms with Gasteiger partial charge in [0.05, 0.1) is 0 Å². The van der Waals surface area contributed by atoms with E-state index in [9.17, 15) is 0 Å². The fraction of sp³-hybridized carbons (Fsp3) is 1.00. The van der Waals surface area contributed by atoms with E-state index in [1.54, 1.807) is 0 Å². The van der Waals surface area contributed by atoms with Crippen LogP contribution in [0.3, 0.4) is 0 Å². The molecule has 0 spiro atoms. The summed E-state index contributed by atoms with van der Waals surface area (Å²) in [5, 5.41) is 0. The second-order valence-electron chi connectivity index (χ2n) is 5.61. The molecular weight excluding hydrogens is 220 g/mol. The summed E-state index contributed by atoms with van der Waals surface area (Å²) in [4.78, 5) is 2.67. The monoisotopic (exact) mass is 256 g/mol. The fourth-order valence-corrected chi connectivity index (χ4v) is 2.96. The van der Waals surface area contributed by atoms with Gasteiger partial charge < -0.3 is 5.73 Å².